The van der Waals surface area contributed by atoms with E-state index in [0.717, 1.165) is 16.9 Å². The molecule has 2 fully saturated rings. The summed E-state index contributed by atoms with van der Waals surface area (Å²) in [6, 6.07) is 7.48. The summed E-state index contributed by atoms with van der Waals surface area (Å²) in [5, 5.41) is 3.95. The van der Waals surface area contributed by atoms with Gasteiger partial charge in [0.1, 0.15) is 0 Å². The van der Waals surface area contributed by atoms with E-state index < -0.39 is 5.79 Å². The first kappa shape index (κ1) is 18.2. The van der Waals surface area contributed by atoms with Gasteiger partial charge in [0.2, 0.25) is 0 Å². The number of hydrogen-bond donors (Lipinski definition) is 1. The van der Waals surface area contributed by atoms with Gasteiger partial charge in [-0.1, -0.05) is 17.7 Å². The molecule has 1 aromatic heterocycles. The van der Waals surface area contributed by atoms with E-state index in [2.05, 4.69) is 10.3 Å². The number of halogens is 1. The minimum Gasteiger partial charge on any atom is -0.354 e. The second kappa shape index (κ2) is 7.46. The van der Waals surface area contributed by atoms with Gasteiger partial charge in [0.15, 0.2) is 5.79 Å². The Morgan fingerprint density at radius 3 is 2.67 bits per heavy atom. The molecule has 1 aromatic carbocycles. The van der Waals surface area contributed by atoms with E-state index in [-0.39, 0.29) is 5.91 Å². The third kappa shape index (κ3) is 3.93. The molecule has 0 bridgehead atoms. The summed E-state index contributed by atoms with van der Waals surface area (Å²) in [5.74, 6) is -0.510. The van der Waals surface area contributed by atoms with Crippen LogP contribution in [0.25, 0.3) is 0 Å². The first-order chi connectivity index (χ1) is 13.0. The zero-order chi connectivity index (χ0) is 18.9. The third-order valence-corrected chi connectivity index (χ3v) is 5.32. The lowest BCUT2D eigenvalue weighted by molar-refractivity contribution is -0.181. The molecule has 6 nitrogen and oxygen atoms in total. The van der Waals surface area contributed by atoms with Crippen molar-refractivity contribution in [3.8, 4) is 0 Å². The van der Waals surface area contributed by atoms with Crippen LogP contribution in [0, 0.1) is 6.92 Å². The molecule has 1 amide bonds. The van der Waals surface area contributed by atoms with Crippen molar-refractivity contribution in [2.75, 3.05) is 31.6 Å². The van der Waals surface area contributed by atoms with Crippen LogP contribution in [0.4, 0.5) is 11.4 Å². The molecule has 2 saturated heterocycles. The van der Waals surface area contributed by atoms with Gasteiger partial charge in [-0.3, -0.25) is 9.78 Å². The number of aryl methyl sites for hydroxylation is 1. The van der Waals surface area contributed by atoms with Crippen LogP contribution in [0.15, 0.2) is 36.7 Å². The van der Waals surface area contributed by atoms with Crippen LogP contribution in [0.1, 0.15) is 28.8 Å². The largest absolute Gasteiger partial charge is 0.354 e. The summed E-state index contributed by atoms with van der Waals surface area (Å²) >= 11 is 6.08. The summed E-state index contributed by atoms with van der Waals surface area (Å²) in [6.07, 6.45) is 4.70. The fourth-order valence-corrected chi connectivity index (χ4v) is 3.70. The van der Waals surface area contributed by atoms with Gasteiger partial charge in [0.25, 0.3) is 5.91 Å². The summed E-state index contributed by atoms with van der Waals surface area (Å²) in [7, 11) is 0. The Morgan fingerprint density at radius 2 is 1.93 bits per heavy atom. The molecule has 0 aliphatic carbocycles. The van der Waals surface area contributed by atoms with Crippen molar-refractivity contribution in [3.05, 3.63) is 52.8 Å². The van der Waals surface area contributed by atoms with Gasteiger partial charge in [-0.15, -0.1) is 0 Å². The topological polar surface area (TPSA) is 63.7 Å². The molecule has 0 radical (unpaired) electrons. The lowest BCUT2D eigenvalue weighted by Gasteiger charge is -2.37. The van der Waals surface area contributed by atoms with Gasteiger partial charge in [-0.25, -0.2) is 0 Å². The predicted molar refractivity (Wildman–Crippen MR) is 103 cm³/mol. The number of nitrogens with one attached hydrogen (secondary N) is 1. The van der Waals surface area contributed by atoms with Crippen LogP contribution >= 0.6 is 11.6 Å². The number of likely N-dealkylation sites (tertiary alicyclic amines) is 1. The lowest BCUT2D eigenvalue weighted by atomic mass is 10.0. The fraction of sp³-hybridized carbons (Fsp3) is 0.400. The number of piperidine rings is 1. The normalized spacial score (nSPS) is 18.7. The zero-order valence-corrected chi connectivity index (χ0v) is 16.0. The van der Waals surface area contributed by atoms with E-state index in [1.165, 1.54) is 0 Å². The number of carbonyl (C=O) groups is 1. The number of rotatable bonds is 3. The summed E-state index contributed by atoms with van der Waals surface area (Å²) < 4.78 is 11.5. The van der Waals surface area contributed by atoms with E-state index >= 15 is 0 Å². The van der Waals surface area contributed by atoms with E-state index in [0.29, 0.717) is 49.7 Å². The Bertz CT molecular complexity index is 842. The quantitative estimate of drug-likeness (QED) is 0.868. The molecule has 0 atom stereocenters. The van der Waals surface area contributed by atoms with Crippen molar-refractivity contribution < 1.29 is 14.3 Å². The van der Waals surface area contributed by atoms with Crippen molar-refractivity contribution >= 4 is 28.9 Å². The van der Waals surface area contributed by atoms with Gasteiger partial charge in [0.05, 0.1) is 30.7 Å². The molecular weight excluding hydrogens is 366 g/mol. The summed E-state index contributed by atoms with van der Waals surface area (Å²) in [5.41, 5.74) is 3.27. The Labute approximate surface area is 163 Å². The molecule has 1 N–H and O–H groups in total. The Hall–Kier alpha value is -2.15. The van der Waals surface area contributed by atoms with Gasteiger partial charge < -0.3 is 19.7 Å². The van der Waals surface area contributed by atoms with E-state index in [4.69, 9.17) is 21.1 Å². The highest BCUT2D eigenvalue weighted by Crippen LogP contribution is 2.32. The predicted octanol–water partition coefficient (Wildman–Crippen LogP) is 3.77. The van der Waals surface area contributed by atoms with Crippen molar-refractivity contribution in [2.45, 2.75) is 25.6 Å². The molecule has 2 aliphatic rings. The maximum Gasteiger partial charge on any atom is 0.255 e. The first-order valence-corrected chi connectivity index (χ1v) is 9.48. The van der Waals surface area contributed by atoms with Crippen molar-refractivity contribution in [3.63, 3.8) is 0 Å². The van der Waals surface area contributed by atoms with Crippen LogP contribution < -0.4 is 5.32 Å². The number of amides is 1. The van der Waals surface area contributed by atoms with Gasteiger partial charge in [-0.05, 0) is 30.7 Å². The number of ether oxygens (including phenoxy) is 2. The van der Waals surface area contributed by atoms with Crippen LogP contribution in [0.2, 0.25) is 5.02 Å². The van der Waals surface area contributed by atoms with Crippen LogP contribution in [-0.4, -0.2) is 47.9 Å². The molecule has 3 heterocycles. The van der Waals surface area contributed by atoms with Gasteiger partial charge in [0, 0.05) is 42.8 Å². The molecule has 2 aromatic rings. The highest BCUT2D eigenvalue weighted by atomic mass is 35.5. The highest BCUT2D eigenvalue weighted by molar-refractivity contribution is 6.30. The second-order valence-corrected chi connectivity index (χ2v) is 7.38. The van der Waals surface area contributed by atoms with E-state index in [1.54, 1.807) is 12.4 Å². The minimum absolute atomic E-state index is 0.0261. The van der Waals surface area contributed by atoms with Gasteiger partial charge in [-0.2, -0.15) is 0 Å². The minimum atomic E-state index is -0.484. The number of nitrogens with zero attached hydrogens (tertiary/aromatic N) is 2. The number of hydrogen-bond acceptors (Lipinski definition) is 5. The first-order valence-electron chi connectivity index (χ1n) is 9.10. The number of pyridine rings is 1. The second-order valence-electron chi connectivity index (χ2n) is 6.95. The van der Waals surface area contributed by atoms with Crippen molar-refractivity contribution in [1.82, 2.24) is 9.88 Å². The van der Waals surface area contributed by atoms with E-state index in [9.17, 15) is 4.79 Å². The van der Waals surface area contributed by atoms with Crippen LogP contribution in [0.3, 0.4) is 0 Å². The molecule has 142 valence electrons. The molecule has 0 saturated carbocycles. The fourth-order valence-electron chi connectivity index (χ4n) is 3.53. The number of anilines is 2. The Kier molecular flexibility index (Phi) is 5.04. The van der Waals surface area contributed by atoms with Crippen LogP contribution in [0.5, 0.6) is 0 Å². The number of aromatic nitrogens is 1. The summed E-state index contributed by atoms with van der Waals surface area (Å²) in [6.45, 7) is 4.49. The molecule has 7 heteroatoms. The summed E-state index contributed by atoms with van der Waals surface area (Å²) in [4.78, 5) is 18.9. The molecule has 27 heavy (non-hydrogen) atoms. The highest BCUT2D eigenvalue weighted by Gasteiger charge is 2.40. The maximum absolute atomic E-state index is 12.9. The SMILES string of the molecule is Cc1ccc(Cl)cc1Nc1cncc(C(=O)N2CCC3(CC2)OCCO3)c1. The van der Waals surface area contributed by atoms with Gasteiger partial charge >= 0.3 is 0 Å². The van der Waals surface area contributed by atoms with E-state index in [1.807, 2.05) is 36.1 Å². The lowest BCUT2D eigenvalue weighted by Crippen LogP contribution is -2.47. The number of carbonyl (C=O) groups excluding carboxylic acids is 1. The number of benzene rings is 1. The zero-order valence-electron chi connectivity index (χ0n) is 15.2. The van der Waals surface area contributed by atoms with Crippen molar-refractivity contribution in [2.24, 2.45) is 0 Å². The van der Waals surface area contributed by atoms with Crippen molar-refractivity contribution in [1.29, 1.82) is 0 Å². The van der Waals surface area contributed by atoms with Crippen LogP contribution in [-0.2, 0) is 9.47 Å². The molecule has 0 unspecified atom stereocenters. The third-order valence-electron chi connectivity index (χ3n) is 5.09. The monoisotopic (exact) mass is 387 g/mol. The molecular formula is C20H22ClN3O3. The average molecular weight is 388 g/mol. The molecule has 2 aliphatic heterocycles. The average Bonchev–Trinajstić information content (AvgIpc) is 3.13. The maximum atomic E-state index is 12.9. The standard InChI is InChI=1S/C20H22ClN3O3/c1-14-2-3-16(21)11-18(14)23-17-10-15(12-22-13-17)19(25)24-6-4-20(5-7-24)26-8-9-27-20/h2-3,10-13,23H,4-9H2,1H3. The molecule has 1 spiro atoms. The Morgan fingerprint density at radius 1 is 1.19 bits per heavy atom. The smallest absolute Gasteiger partial charge is 0.255 e. The Balaban J connectivity index is 1.46. The molecule has 4 rings (SSSR count).